The summed E-state index contributed by atoms with van der Waals surface area (Å²) in [5.41, 5.74) is 3.04. The maximum atomic E-state index is 14.1. The number of sulfonamides is 1. The number of aliphatic hydroxyl groups is 1. The molecular weight excluding hydrogens is 442 g/mol. The topological polar surface area (TPSA) is 57.6 Å². The molecule has 5 rings (SSSR count). The van der Waals surface area contributed by atoms with Crippen LogP contribution >= 0.6 is 0 Å². The van der Waals surface area contributed by atoms with E-state index in [0.29, 0.717) is 16.8 Å². The predicted octanol–water partition coefficient (Wildman–Crippen LogP) is 5.79. The van der Waals surface area contributed by atoms with Crippen molar-refractivity contribution in [1.82, 2.24) is 0 Å². The summed E-state index contributed by atoms with van der Waals surface area (Å²) in [5.74, 6) is 0. The average molecular weight is 468 g/mol. The number of nitrogens with zero attached hydrogens (tertiary/aromatic N) is 1. The van der Waals surface area contributed by atoms with E-state index in [1.807, 2.05) is 74.5 Å². The molecular formula is C29H25NO3S. The van der Waals surface area contributed by atoms with Gasteiger partial charge in [0.25, 0.3) is 10.0 Å². The van der Waals surface area contributed by atoms with E-state index < -0.39 is 15.6 Å². The maximum Gasteiger partial charge on any atom is 0.268 e. The van der Waals surface area contributed by atoms with E-state index >= 15 is 0 Å². The Bertz CT molecular complexity index is 1470. The number of anilines is 1. The van der Waals surface area contributed by atoms with Crippen molar-refractivity contribution in [3.05, 3.63) is 137 Å². The number of fused-ring (bicyclic) bond motifs is 1. The molecule has 4 nitrogen and oxygen atoms in total. The molecule has 0 spiro atoms. The van der Waals surface area contributed by atoms with Gasteiger partial charge in [-0.2, -0.15) is 0 Å². The summed E-state index contributed by atoms with van der Waals surface area (Å²) in [5, 5.41) is 12.3. The summed E-state index contributed by atoms with van der Waals surface area (Å²) in [6, 6.07) is 30.9. The van der Waals surface area contributed by atoms with Gasteiger partial charge in [0.1, 0.15) is 0 Å². The Morgan fingerprint density at radius 3 is 1.94 bits per heavy atom. The van der Waals surface area contributed by atoms with Crippen LogP contribution in [-0.2, 0) is 15.6 Å². The van der Waals surface area contributed by atoms with E-state index in [2.05, 4.69) is 0 Å². The molecule has 0 saturated carbocycles. The van der Waals surface area contributed by atoms with Gasteiger partial charge in [-0.3, -0.25) is 0 Å². The second-order valence-electron chi connectivity index (χ2n) is 8.62. The van der Waals surface area contributed by atoms with Gasteiger partial charge in [0.2, 0.25) is 0 Å². The first kappa shape index (κ1) is 22.1. The molecule has 1 unspecified atom stereocenters. The first-order valence-corrected chi connectivity index (χ1v) is 12.5. The van der Waals surface area contributed by atoms with Gasteiger partial charge in [-0.15, -0.1) is 0 Å². The lowest BCUT2D eigenvalue weighted by molar-refractivity contribution is 0.128. The minimum Gasteiger partial charge on any atom is -0.374 e. The Labute approximate surface area is 200 Å². The smallest absolute Gasteiger partial charge is 0.268 e. The van der Waals surface area contributed by atoms with Gasteiger partial charge in [-0.1, -0.05) is 96.1 Å². The van der Waals surface area contributed by atoms with E-state index in [1.54, 1.807) is 48.5 Å². The molecule has 1 heterocycles. The summed E-state index contributed by atoms with van der Waals surface area (Å²) in [7, 11) is -4.02. The third kappa shape index (κ3) is 3.54. The number of para-hydroxylation sites is 1. The van der Waals surface area contributed by atoms with Crippen LogP contribution in [0.5, 0.6) is 0 Å². The molecule has 1 aliphatic rings. The average Bonchev–Trinajstić information content (AvgIpc) is 3.11. The van der Waals surface area contributed by atoms with Crippen molar-refractivity contribution in [2.75, 3.05) is 4.31 Å². The molecule has 34 heavy (non-hydrogen) atoms. The zero-order valence-corrected chi connectivity index (χ0v) is 19.8. The summed E-state index contributed by atoms with van der Waals surface area (Å²) < 4.78 is 29.4. The van der Waals surface area contributed by atoms with Gasteiger partial charge in [0, 0.05) is 5.56 Å². The van der Waals surface area contributed by atoms with Gasteiger partial charge in [0.15, 0.2) is 5.60 Å². The number of hydrogen-bond donors (Lipinski definition) is 1. The molecule has 0 radical (unpaired) electrons. The molecule has 5 heteroatoms. The fraction of sp³-hybridized carbons (Fsp3) is 0.103. The highest BCUT2D eigenvalue weighted by molar-refractivity contribution is 7.93. The molecule has 4 aromatic carbocycles. The zero-order chi connectivity index (χ0) is 23.9. The highest BCUT2D eigenvalue weighted by Crippen LogP contribution is 2.52. The van der Waals surface area contributed by atoms with E-state index in [9.17, 15) is 13.5 Å². The highest BCUT2D eigenvalue weighted by Gasteiger charge is 2.51. The van der Waals surface area contributed by atoms with Gasteiger partial charge in [-0.05, 0) is 49.2 Å². The SMILES string of the molecule is Cc1ccc(/C=C2\N(S(=O)(=O)c3ccc(C)cc3)c3ccccc3C2(O)c2ccccc2)cc1. The minimum absolute atomic E-state index is 0.167. The van der Waals surface area contributed by atoms with Crippen LogP contribution in [0.3, 0.4) is 0 Å². The Balaban J connectivity index is 1.82. The van der Waals surface area contributed by atoms with Gasteiger partial charge in [0.05, 0.1) is 16.3 Å². The molecule has 0 aliphatic carbocycles. The van der Waals surface area contributed by atoms with E-state index in [1.165, 1.54) is 4.31 Å². The van der Waals surface area contributed by atoms with E-state index in [-0.39, 0.29) is 10.6 Å². The van der Waals surface area contributed by atoms with Crippen LogP contribution in [0.4, 0.5) is 5.69 Å². The van der Waals surface area contributed by atoms with Crippen LogP contribution in [0.2, 0.25) is 0 Å². The molecule has 1 atom stereocenters. The van der Waals surface area contributed by atoms with Crippen molar-refractivity contribution in [2.45, 2.75) is 24.3 Å². The van der Waals surface area contributed by atoms with Crippen molar-refractivity contribution >= 4 is 21.8 Å². The molecule has 0 fully saturated rings. The third-order valence-corrected chi connectivity index (χ3v) is 7.98. The molecule has 4 aromatic rings. The van der Waals surface area contributed by atoms with Crippen molar-refractivity contribution in [3.8, 4) is 0 Å². The fourth-order valence-electron chi connectivity index (χ4n) is 4.41. The Hall–Kier alpha value is -3.67. The van der Waals surface area contributed by atoms with Crippen LogP contribution in [0.15, 0.2) is 114 Å². The number of hydrogen-bond acceptors (Lipinski definition) is 3. The number of aryl methyl sites for hydroxylation is 2. The standard InChI is InChI=1S/C29H25NO3S/c1-21-12-16-23(17-13-21)20-28-29(31,24-8-4-3-5-9-24)26-10-6-7-11-27(26)30(28)34(32,33)25-18-14-22(2)15-19-25/h3-20,31H,1-2H3/b28-20-. The van der Waals surface area contributed by atoms with E-state index in [0.717, 1.165) is 16.7 Å². The monoisotopic (exact) mass is 467 g/mol. The number of benzene rings is 4. The van der Waals surface area contributed by atoms with Crippen LogP contribution < -0.4 is 4.31 Å². The Kier molecular flexibility index (Phi) is 5.39. The first-order chi connectivity index (χ1) is 16.3. The van der Waals surface area contributed by atoms with E-state index in [4.69, 9.17) is 0 Å². The molecule has 0 saturated heterocycles. The zero-order valence-electron chi connectivity index (χ0n) is 19.0. The van der Waals surface area contributed by atoms with Crippen LogP contribution in [0.25, 0.3) is 6.08 Å². The fourth-order valence-corrected chi connectivity index (χ4v) is 5.97. The minimum atomic E-state index is -4.02. The van der Waals surface area contributed by atoms with Crippen LogP contribution in [0, 0.1) is 13.8 Å². The first-order valence-electron chi connectivity index (χ1n) is 11.1. The Morgan fingerprint density at radius 2 is 1.29 bits per heavy atom. The van der Waals surface area contributed by atoms with Crippen molar-refractivity contribution in [3.63, 3.8) is 0 Å². The maximum absolute atomic E-state index is 14.1. The van der Waals surface area contributed by atoms with Crippen molar-refractivity contribution < 1.29 is 13.5 Å². The highest BCUT2D eigenvalue weighted by atomic mass is 32.2. The second kappa shape index (κ2) is 8.28. The summed E-state index contributed by atoms with van der Waals surface area (Å²) in [4.78, 5) is 0.167. The molecule has 0 amide bonds. The number of rotatable bonds is 4. The largest absolute Gasteiger partial charge is 0.374 e. The van der Waals surface area contributed by atoms with Crippen molar-refractivity contribution in [2.24, 2.45) is 0 Å². The quantitative estimate of drug-likeness (QED) is 0.413. The van der Waals surface area contributed by atoms with Gasteiger partial charge in [-0.25, -0.2) is 12.7 Å². The predicted molar refractivity (Wildman–Crippen MR) is 136 cm³/mol. The summed E-state index contributed by atoms with van der Waals surface area (Å²) in [6.07, 6.45) is 1.76. The van der Waals surface area contributed by atoms with Crippen LogP contribution in [0.1, 0.15) is 27.8 Å². The third-order valence-electron chi connectivity index (χ3n) is 6.23. The Morgan fingerprint density at radius 1 is 0.735 bits per heavy atom. The molecule has 170 valence electrons. The normalized spacial score (nSPS) is 18.8. The molecule has 0 bridgehead atoms. The molecule has 1 aliphatic heterocycles. The summed E-state index contributed by atoms with van der Waals surface area (Å²) >= 11 is 0. The lowest BCUT2D eigenvalue weighted by Crippen LogP contribution is -2.35. The van der Waals surface area contributed by atoms with Gasteiger partial charge < -0.3 is 5.11 Å². The summed E-state index contributed by atoms with van der Waals surface area (Å²) in [6.45, 7) is 3.91. The van der Waals surface area contributed by atoms with Crippen molar-refractivity contribution in [1.29, 1.82) is 0 Å². The lowest BCUT2D eigenvalue weighted by Gasteiger charge is -2.29. The van der Waals surface area contributed by atoms with Gasteiger partial charge >= 0.3 is 0 Å². The lowest BCUT2D eigenvalue weighted by atomic mass is 9.85. The second-order valence-corrected chi connectivity index (χ2v) is 10.4. The molecule has 0 aromatic heterocycles. The molecule has 1 N–H and O–H groups in total. The van der Waals surface area contributed by atoms with Crippen LogP contribution in [-0.4, -0.2) is 13.5 Å².